The normalized spacial score (nSPS) is 15.6. The summed E-state index contributed by atoms with van der Waals surface area (Å²) < 4.78 is 45.4. The molecule has 1 aromatic rings. The fourth-order valence-electron chi connectivity index (χ4n) is 1.31. The van der Waals surface area contributed by atoms with Gasteiger partial charge in [-0.2, -0.15) is 0 Å². The standard InChI is InChI=1S/C11H14F3NO/c1-10(12,11(13,14)7-15)8-3-5-9(16-2)6-4-8/h3-6H,7,15H2,1-2H3. The van der Waals surface area contributed by atoms with Gasteiger partial charge in [-0.1, -0.05) is 12.1 Å². The van der Waals surface area contributed by atoms with Gasteiger partial charge in [-0.25, -0.2) is 13.2 Å². The van der Waals surface area contributed by atoms with Crippen LogP contribution in [0, 0.1) is 0 Å². The monoisotopic (exact) mass is 233 g/mol. The Morgan fingerprint density at radius 3 is 2.06 bits per heavy atom. The Balaban J connectivity index is 3.07. The number of methoxy groups -OCH3 is 1. The number of nitrogens with two attached hydrogens (primary N) is 1. The van der Waals surface area contributed by atoms with Crippen LogP contribution in [0.2, 0.25) is 0 Å². The molecule has 1 atom stereocenters. The van der Waals surface area contributed by atoms with Gasteiger partial charge in [0.15, 0.2) is 5.67 Å². The Labute approximate surface area is 92.2 Å². The first-order chi connectivity index (χ1) is 7.35. The molecular formula is C11H14F3NO. The zero-order chi connectivity index (χ0) is 12.4. The number of benzene rings is 1. The maximum absolute atomic E-state index is 14.0. The Hall–Kier alpha value is -1.23. The van der Waals surface area contributed by atoms with E-state index in [4.69, 9.17) is 10.5 Å². The van der Waals surface area contributed by atoms with Crippen molar-refractivity contribution < 1.29 is 17.9 Å². The Bertz CT molecular complexity index is 349. The zero-order valence-corrected chi connectivity index (χ0v) is 9.14. The number of ether oxygens (including phenoxy) is 1. The molecule has 0 amide bonds. The largest absolute Gasteiger partial charge is 0.497 e. The predicted octanol–water partition coefficient (Wildman–Crippen LogP) is 2.47. The van der Waals surface area contributed by atoms with Crippen LogP contribution in [0.3, 0.4) is 0 Å². The Kier molecular flexibility index (Phi) is 3.48. The van der Waals surface area contributed by atoms with Crippen molar-refractivity contribution in [2.75, 3.05) is 13.7 Å². The van der Waals surface area contributed by atoms with Crippen LogP contribution in [0.25, 0.3) is 0 Å². The highest BCUT2D eigenvalue weighted by atomic mass is 19.3. The Morgan fingerprint density at radius 1 is 1.19 bits per heavy atom. The lowest BCUT2D eigenvalue weighted by Gasteiger charge is -2.29. The summed E-state index contributed by atoms with van der Waals surface area (Å²) in [5.74, 6) is -3.11. The highest BCUT2D eigenvalue weighted by molar-refractivity contribution is 5.32. The van der Waals surface area contributed by atoms with Gasteiger partial charge in [-0.3, -0.25) is 0 Å². The highest BCUT2D eigenvalue weighted by Gasteiger charge is 2.51. The van der Waals surface area contributed by atoms with E-state index in [1.165, 1.54) is 31.4 Å². The minimum Gasteiger partial charge on any atom is -0.497 e. The molecule has 0 bridgehead atoms. The van der Waals surface area contributed by atoms with Crippen LogP contribution in [0.5, 0.6) is 5.75 Å². The molecule has 0 aliphatic heterocycles. The van der Waals surface area contributed by atoms with Crippen LogP contribution >= 0.6 is 0 Å². The van der Waals surface area contributed by atoms with Crippen molar-refractivity contribution in [3.63, 3.8) is 0 Å². The maximum atomic E-state index is 14.0. The van der Waals surface area contributed by atoms with E-state index in [1.807, 2.05) is 0 Å². The molecule has 2 nitrogen and oxygen atoms in total. The molecular weight excluding hydrogens is 219 g/mol. The molecule has 0 fully saturated rings. The molecule has 0 saturated heterocycles. The van der Waals surface area contributed by atoms with Gasteiger partial charge >= 0.3 is 0 Å². The number of halogens is 3. The first-order valence-corrected chi connectivity index (χ1v) is 4.76. The van der Waals surface area contributed by atoms with Crippen LogP contribution in [0.15, 0.2) is 24.3 Å². The molecule has 90 valence electrons. The van der Waals surface area contributed by atoms with Gasteiger partial charge < -0.3 is 10.5 Å². The van der Waals surface area contributed by atoms with Gasteiger partial charge in [0, 0.05) is 0 Å². The van der Waals surface area contributed by atoms with Gasteiger partial charge in [0.2, 0.25) is 0 Å². The third-order valence-electron chi connectivity index (χ3n) is 2.58. The topological polar surface area (TPSA) is 35.2 Å². The van der Waals surface area contributed by atoms with Crippen molar-refractivity contribution in [2.24, 2.45) is 5.73 Å². The summed E-state index contributed by atoms with van der Waals surface area (Å²) in [5, 5.41) is 0. The predicted molar refractivity (Wildman–Crippen MR) is 55.5 cm³/mol. The van der Waals surface area contributed by atoms with E-state index >= 15 is 0 Å². The van der Waals surface area contributed by atoms with Gasteiger partial charge in [0.1, 0.15) is 5.75 Å². The minimum absolute atomic E-state index is 0.122. The molecule has 0 radical (unpaired) electrons. The van der Waals surface area contributed by atoms with Crippen molar-refractivity contribution in [3.8, 4) is 5.75 Å². The second-order valence-electron chi connectivity index (χ2n) is 3.64. The van der Waals surface area contributed by atoms with Crippen LogP contribution in [0.1, 0.15) is 12.5 Å². The summed E-state index contributed by atoms with van der Waals surface area (Å²) in [6, 6.07) is 5.39. The molecule has 0 heterocycles. The van der Waals surface area contributed by atoms with E-state index in [1.54, 1.807) is 0 Å². The molecule has 1 aromatic carbocycles. The lowest BCUT2D eigenvalue weighted by molar-refractivity contribution is -0.126. The summed E-state index contributed by atoms with van der Waals surface area (Å²) >= 11 is 0. The van der Waals surface area contributed by atoms with Gasteiger partial charge in [0.05, 0.1) is 13.7 Å². The molecule has 0 aliphatic carbocycles. The zero-order valence-electron chi connectivity index (χ0n) is 9.14. The molecule has 1 unspecified atom stereocenters. The summed E-state index contributed by atoms with van der Waals surface area (Å²) in [4.78, 5) is 0. The van der Waals surface area contributed by atoms with Crippen molar-refractivity contribution >= 4 is 0 Å². The minimum atomic E-state index is -3.60. The maximum Gasteiger partial charge on any atom is 0.297 e. The van der Waals surface area contributed by atoms with Gasteiger partial charge in [-0.15, -0.1) is 0 Å². The SMILES string of the molecule is COc1ccc(C(C)(F)C(F)(F)CN)cc1. The smallest absolute Gasteiger partial charge is 0.297 e. The van der Waals surface area contributed by atoms with Crippen LogP contribution in [-0.2, 0) is 5.67 Å². The van der Waals surface area contributed by atoms with Crippen LogP contribution in [0.4, 0.5) is 13.2 Å². The third-order valence-corrected chi connectivity index (χ3v) is 2.58. The fraction of sp³-hybridized carbons (Fsp3) is 0.455. The van der Waals surface area contributed by atoms with Gasteiger partial charge in [0.25, 0.3) is 5.92 Å². The molecule has 1 rings (SSSR count). The fourth-order valence-corrected chi connectivity index (χ4v) is 1.31. The van der Waals surface area contributed by atoms with Crippen molar-refractivity contribution in [3.05, 3.63) is 29.8 Å². The Morgan fingerprint density at radius 2 is 1.69 bits per heavy atom. The van der Waals surface area contributed by atoms with E-state index in [-0.39, 0.29) is 5.56 Å². The second kappa shape index (κ2) is 4.33. The molecule has 0 aliphatic rings. The number of rotatable bonds is 4. The van der Waals surface area contributed by atoms with E-state index in [2.05, 4.69) is 0 Å². The third kappa shape index (κ3) is 2.14. The number of hydrogen-bond donors (Lipinski definition) is 1. The summed E-state index contributed by atoms with van der Waals surface area (Å²) in [6.07, 6.45) is 0. The number of alkyl halides is 3. The molecule has 5 heteroatoms. The van der Waals surface area contributed by atoms with Crippen LogP contribution in [-0.4, -0.2) is 19.6 Å². The molecule has 16 heavy (non-hydrogen) atoms. The van der Waals surface area contributed by atoms with Crippen molar-refractivity contribution in [1.82, 2.24) is 0 Å². The quantitative estimate of drug-likeness (QED) is 0.867. The first-order valence-electron chi connectivity index (χ1n) is 4.76. The van der Waals surface area contributed by atoms with Crippen LogP contribution < -0.4 is 10.5 Å². The van der Waals surface area contributed by atoms with E-state index in [0.29, 0.717) is 5.75 Å². The lowest BCUT2D eigenvalue weighted by Crippen LogP contribution is -2.45. The highest BCUT2D eigenvalue weighted by Crippen LogP contribution is 2.40. The second-order valence-corrected chi connectivity index (χ2v) is 3.64. The average molecular weight is 233 g/mol. The van der Waals surface area contributed by atoms with Crippen molar-refractivity contribution in [1.29, 1.82) is 0 Å². The summed E-state index contributed by atoms with van der Waals surface area (Å²) in [7, 11) is 1.44. The first kappa shape index (κ1) is 12.8. The average Bonchev–Trinajstić information content (AvgIpc) is 2.29. The van der Waals surface area contributed by atoms with Crippen molar-refractivity contribution in [2.45, 2.75) is 18.5 Å². The molecule has 0 spiro atoms. The molecule has 2 N–H and O–H groups in total. The van der Waals surface area contributed by atoms with E-state index in [9.17, 15) is 13.2 Å². The summed E-state index contributed by atoms with van der Waals surface area (Å²) in [5.41, 5.74) is 1.97. The van der Waals surface area contributed by atoms with E-state index in [0.717, 1.165) is 6.92 Å². The lowest BCUT2D eigenvalue weighted by atomic mass is 9.91. The summed E-state index contributed by atoms with van der Waals surface area (Å²) in [6.45, 7) is -0.215. The molecule has 0 aromatic heterocycles. The van der Waals surface area contributed by atoms with Gasteiger partial charge in [-0.05, 0) is 24.6 Å². The molecule has 0 saturated carbocycles. The number of hydrogen-bond acceptors (Lipinski definition) is 2. The van der Waals surface area contributed by atoms with E-state index < -0.39 is 18.1 Å².